The van der Waals surface area contributed by atoms with Crippen LogP contribution in [0.1, 0.15) is 0 Å². The molecule has 0 aromatic carbocycles. The summed E-state index contributed by atoms with van der Waals surface area (Å²) in [6.07, 6.45) is 3.24. The van der Waals surface area contributed by atoms with Gasteiger partial charge in [-0.15, -0.1) is 0 Å². The van der Waals surface area contributed by atoms with Crippen molar-refractivity contribution in [1.82, 2.24) is 0 Å². The molecule has 0 atom stereocenters. The second-order valence-corrected chi connectivity index (χ2v) is 2.52. The highest BCUT2D eigenvalue weighted by Gasteiger charge is 2.04. The van der Waals surface area contributed by atoms with Crippen LogP contribution in [0.25, 0.3) is 0 Å². The number of aromatic nitrogens is 1. The lowest BCUT2D eigenvalue weighted by Crippen LogP contribution is -2.36. The number of nitrogens with zero attached hydrogens (tertiary/aromatic N) is 1. The largest absolute Gasteiger partial charge is 0.477 e. The van der Waals surface area contributed by atoms with E-state index in [4.69, 9.17) is 16.7 Å². The van der Waals surface area contributed by atoms with E-state index >= 15 is 0 Å². The molecular weight excluding hydrogens is 166 g/mol. The van der Waals surface area contributed by atoms with Gasteiger partial charge in [0.15, 0.2) is 12.4 Å². The Morgan fingerprint density at radius 2 is 2.09 bits per heavy atom. The first kappa shape index (κ1) is 8.01. The van der Waals surface area contributed by atoms with Crippen molar-refractivity contribution in [2.75, 3.05) is 0 Å². The van der Waals surface area contributed by atoms with Crippen molar-refractivity contribution >= 4 is 17.6 Å². The Morgan fingerprint density at radius 1 is 1.55 bits per heavy atom. The van der Waals surface area contributed by atoms with Gasteiger partial charge in [0.1, 0.15) is 0 Å². The maximum atomic E-state index is 10.2. The van der Waals surface area contributed by atoms with E-state index in [2.05, 4.69) is 0 Å². The molecule has 1 aromatic heterocycles. The number of carboxylic acids is 1. The number of carboxylic acid groups (broad SMARTS) is 1. The summed E-state index contributed by atoms with van der Waals surface area (Å²) in [7, 11) is 0. The fourth-order valence-corrected chi connectivity index (χ4v) is 0.813. The third-order valence-corrected chi connectivity index (χ3v) is 1.42. The molecule has 0 fully saturated rings. The Labute approximate surface area is 68.8 Å². The Kier molecular flexibility index (Phi) is 2.44. The zero-order valence-corrected chi connectivity index (χ0v) is 6.45. The van der Waals surface area contributed by atoms with E-state index < -0.39 is 5.97 Å². The van der Waals surface area contributed by atoms with Crippen molar-refractivity contribution in [2.45, 2.75) is 6.54 Å². The average molecular weight is 173 g/mol. The molecule has 58 valence electrons. The van der Waals surface area contributed by atoms with Crippen molar-refractivity contribution in [3.8, 4) is 0 Å². The van der Waals surface area contributed by atoms with Gasteiger partial charge in [0.05, 0.1) is 5.02 Å². The number of rotatable bonds is 2. The first-order valence-electron chi connectivity index (χ1n) is 3.05. The summed E-state index contributed by atoms with van der Waals surface area (Å²) in [5.41, 5.74) is 0. The highest BCUT2D eigenvalue weighted by Crippen LogP contribution is 2.01. The van der Waals surface area contributed by atoms with Crippen LogP contribution in [0.15, 0.2) is 24.5 Å². The third kappa shape index (κ3) is 2.55. The van der Waals surface area contributed by atoms with Crippen molar-refractivity contribution in [2.24, 2.45) is 0 Å². The van der Waals surface area contributed by atoms with Gasteiger partial charge in [0.2, 0.25) is 6.54 Å². The molecule has 4 heteroatoms. The number of carbonyl (C=O) groups is 1. The molecule has 1 aromatic rings. The van der Waals surface area contributed by atoms with Crippen LogP contribution >= 0.6 is 11.6 Å². The van der Waals surface area contributed by atoms with E-state index in [-0.39, 0.29) is 6.54 Å². The highest BCUT2D eigenvalue weighted by atomic mass is 35.5. The molecule has 0 amide bonds. The lowest BCUT2D eigenvalue weighted by Gasteiger charge is -1.90. The molecule has 1 rings (SSSR count). The maximum absolute atomic E-state index is 10.2. The molecule has 0 saturated heterocycles. The van der Waals surface area contributed by atoms with Crippen LogP contribution in [0.4, 0.5) is 0 Å². The summed E-state index contributed by atoms with van der Waals surface area (Å²) >= 11 is 5.59. The minimum Gasteiger partial charge on any atom is -0.477 e. The van der Waals surface area contributed by atoms with Gasteiger partial charge >= 0.3 is 5.97 Å². The minimum absolute atomic E-state index is 0.0306. The van der Waals surface area contributed by atoms with Crippen molar-refractivity contribution in [3.05, 3.63) is 29.5 Å². The Morgan fingerprint density at radius 3 is 2.55 bits per heavy atom. The monoisotopic (exact) mass is 172 g/mol. The molecule has 0 aliphatic carbocycles. The van der Waals surface area contributed by atoms with E-state index in [1.165, 1.54) is 4.57 Å². The fourth-order valence-electron chi connectivity index (χ4n) is 0.701. The van der Waals surface area contributed by atoms with Gasteiger partial charge in [-0.2, -0.15) is 4.57 Å². The molecule has 0 bridgehead atoms. The van der Waals surface area contributed by atoms with E-state index in [0.29, 0.717) is 5.02 Å². The van der Waals surface area contributed by atoms with E-state index in [9.17, 15) is 4.79 Å². The lowest BCUT2D eigenvalue weighted by atomic mass is 10.5. The molecular formula is C7H7ClNO2+. The van der Waals surface area contributed by atoms with E-state index in [1.54, 1.807) is 24.5 Å². The summed E-state index contributed by atoms with van der Waals surface area (Å²) in [4.78, 5) is 10.2. The second-order valence-electron chi connectivity index (χ2n) is 2.08. The number of hydrogen-bond donors (Lipinski definition) is 1. The molecule has 3 nitrogen and oxygen atoms in total. The van der Waals surface area contributed by atoms with E-state index in [1.807, 2.05) is 0 Å². The number of pyridine rings is 1. The topological polar surface area (TPSA) is 41.2 Å². The van der Waals surface area contributed by atoms with Gasteiger partial charge < -0.3 is 5.11 Å². The first-order chi connectivity index (χ1) is 5.18. The van der Waals surface area contributed by atoms with E-state index in [0.717, 1.165) is 0 Å². The molecule has 0 aliphatic heterocycles. The number of halogens is 1. The third-order valence-electron chi connectivity index (χ3n) is 1.17. The lowest BCUT2D eigenvalue weighted by molar-refractivity contribution is -0.685. The minimum atomic E-state index is -0.864. The Bertz CT molecular complexity index is 258. The van der Waals surface area contributed by atoms with Crippen molar-refractivity contribution < 1.29 is 14.5 Å². The van der Waals surface area contributed by atoms with Gasteiger partial charge in [0.25, 0.3) is 0 Å². The van der Waals surface area contributed by atoms with Gasteiger partial charge in [-0.25, -0.2) is 4.79 Å². The summed E-state index contributed by atoms with van der Waals surface area (Å²) in [5.74, 6) is -0.864. The summed E-state index contributed by atoms with van der Waals surface area (Å²) in [5, 5.41) is 8.99. The summed E-state index contributed by atoms with van der Waals surface area (Å²) in [6, 6.07) is 3.29. The van der Waals surface area contributed by atoms with Crippen LogP contribution in [0.3, 0.4) is 0 Å². The Hall–Kier alpha value is -1.09. The predicted octanol–water partition coefficient (Wildman–Crippen LogP) is 0.712. The Balaban J connectivity index is 2.74. The zero-order valence-electron chi connectivity index (χ0n) is 5.70. The number of hydrogen-bond acceptors (Lipinski definition) is 1. The maximum Gasteiger partial charge on any atom is 0.370 e. The molecule has 0 radical (unpaired) electrons. The molecule has 1 heterocycles. The van der Waals surface area contributed by atoms with Gasteiger partial charge in [-0.05, 0) is 0 Å². The van der Waals surface area contributed by atoms with Gasteiger partial charge in [-0.3, -0.25) is 0 Å². The zero-order chi connectivity index (χ0) is 8.27. The number of aliphatic carboxylic acids is 1. The smallest absolute Gasteiger partial charge is 0.370 e. The van der Waals surface area contributed by atoms with Crippen LogP contribution in [-0.4, -0.2) is 11.1 Å². The van der Waals surface area contributed by atoms with Gasteiger partial charge in [0, 0.05) is 12.1 Å². The second kappa shape index (κ2) is 3.34. The molecule has 11 heavy (non-hydrogen) atoms. The fraction of sp³-hybridized carbons (Fsp3) is 0.143. The van der Waals surface area contributed by atoms with Gasteiger partial charge in [-0.1, -0.05) is 11.6 Å². The molecule has 0 unspecified atom stereocenters. The molecule has 0 aliphatic rings. The van der Waals surface area contributed by atoms with Crippen LogP contribution in [0.5, 0.6) is 0 Å². The van der Waals surface area contributed by atoms with Crippen LogP contribution in [0.2, 0.25) is 5.02 Å². The predicted molar refractivity (Wildman–Crippen MR) is 39.3 cm³/mol. The first-order valence-corrected chi connectivity index (χ1v) is 3.42. The van der Waals surface area contributed by atoms with Crippen molar-refractivity contribution in [1.29, 1.82) is 0 Å². The molecule has 1 N–H and O–H groups in total. The molecule has 0 spiro atoms. The SMILES string of the molecule is O=C(O)C[n+]1ccc(Cl)cc1. The van der Waals surface area contributed by atoms with Crippen LogP contribution < -0.4 is 4.57 Å². The van der Waals surface area contributed by atoms with Crippen molar-refractivity contribution in [3.63, 3.8) is 0 Å². The standard InChI is InChI=1S/C7H6ClNO2/c8-6-1-3-9(4-2-6)5-7(10)11/h1-4H,5H2/p+1. The summed E-state index contributed by atoms with van der Waals surface area (Å²) in [6.45, 7) is -0.0306. The molecule has 0 saturated carbocycles. The summed E-state index contributed by atoms with van der Waals surface area (Å²) < 4.78 is 1.54. The normalized spacial score (nSPS) is 9.55. The highest BCUT2D eigenvalue weighted by molar-refractivity contribution is 6.30. The quantitative estimate of drug-likeness (QED) is 0.668. The van der Waals surface area contributed by atoms with Crippen LogP contribution in [0, 0.1) is 0 Å². The van der Waals surface area contributed by atoms with Crippen LogP contribution in [-0.2, 0) is 11.3 Å². The average Bonchev–Trinajstić information content (AvgIpc) is 1.93.